The first-order chi connectivity index (χ1) is 22.8. The highest BCUT2D eigenvalue weighted by Crippen LogP contribution is 2.35. The number of aliphatic hydroxyl groups excluding tert-OH is 2. The third kappa shape index (κ3) is 15.7. The maximum Gasteiger partial charge on any atom is 0.334 e. The standard InChI is InChI=1S/C39H68O8/c1-4-5-20-32(41)21-16-14-18-23-35(45-30(3)40)36-26-27-38(47-36)37-25-24-34(46-37)33(42)22-17-13-11-9-7-6-8-10-12-15-19-31-28-29(2)44-39(31)43/h28-29,32-38,41-42H,4-27H2,1-3H3/t29-,32?,33+,34+,35-,36+,37+,38+/m0/s1. The minimum absolute atomic E-state index is 0.00207. The van der Waals surface area contributed by atoms with E-state index in [1.54, 1.807) is 0 Å². The summed E-state index contributed by atoms with van der Waals surface area (Å²) in [6, 6.07) is 0. The van der Waals surface area contributed by atoms with E-state index < -0.39 is 6.10 Å². The van der Waals surface area contributed by atoms with Gasteiger partial charge < -0.3 is 29.2 Å². The largest absolute Gasteiger partial charge is 0.460 e. The lowest BCUT2D eigenvalue weighted by Crippen LogP contribution is -2.34. The molecule has 3 aliphatic rings. The Kier molecular flexibility index (Phi) is 19.6. The second-order valence-corrected chi connectivity index (χ2v) is 14.6. The number of aliphatic hydroxyl groups is 2. The Hall–Kier alpha value is -1.48. The molecule has 2 saturated heterocycles. The molecule has 8 atom stereocenters. The first kappa shape index (κ1) is 40.0. The van der Waals surface area contributed by atoms with Gasteiger partial charge in [0.25, 0.3) is 0 Å². The van der Waals surface area contributed by atoms with Crippen LogP contribution in [0, 0.1) is 0 Å². The molecule has 0 aromatic heterocycles. The van der Waals surface area contributed by atoms with Crippen molar-refractivity contribution in [3.05, 3.63) is 11.6 Å². The molecule has 272 valence electrons. The predicted octanol–water partition coefficient (Wildman–Crippen LogP) is 8.43. The summed E-state index contributed by atoms with van der Waals surface area (Å²) in [4.78, 5) is 23.5. The Morgan fingerprint density at radius 2 is 1.30 bits per heavy atom. The van der Waals surface area contributed by atoms with Gasteiger partial charge in [-0.15, -0.1) is 0 Å². The van der Waals surface area contributed by atoms with Crippen molar-refractivity contribution in [1.82, 2.24) is 0 Å². The Balaban J connectivity index is 1.19. The molecule has 8 nitrogen and oxygen atoms in total. The predicted molar refractivity (Wildman–Crippen MR) is 185 cm³/mol. The van der Waals surface area contributed by atoms with Crippen molar-refractivity contribution in [2.45, 2.75) is 224 Å². The summed E-state index contributed by atoms with van der Waals surface area (Å²) in [7, 11) is 0. The highest BCUT2D eigenvalue weighted by atomic mass is 16.6. The van der Waals surface area contributed by atoms with Gasteiger partial charge in [0, 0.05) is 12.5 Å². The molecule has 2 N–H and O–H groups in total. The minimum atomic E-state index is -0.420. The number of carbonyl (C=O) groups excluding carboxylic acids is 2. The fraction of sp³-hybridized carbons (Fsp3) is 0.897. The first-order valence-corrected chi connectivity index (χ1v) is 19.5. The van der Waals surface area contributed by atoms with Crippen LogP contribution in [0.1, 0.15) is 175 Å². The minimum Gasteiger partial charge on any atom is -0.460 e. The molecule has 3 rings (SSSR count). The lowest BCUT2D eigenvalue weighted by atomic mass is 10.00. The molecule has 0 saturated carbocycles. The van der Waals surface area contributed by atoms with Crippen LogP contribution in [0.25, 0.3) is 0 Å². The molecule has 0 radical (unpaired) electrons. The van der Waals surface area contributed by atoms with Crippen LogP contribution in [0.15, 0.2) is 11.6 Å². The Bertz CT molecular complexity index is 905. The van der Waals surface area contributed by atoms with Gasteiger partial charge in [0.15, 0.2) is 0 Å². The zero-order chi connectivity index (χ0) is 33.9. The van der Waals surface area contributed by atoms with Gasteiger partial charge in [-0.05, 0) is 83.6 Å². The maximum absolute atomic E-state index is 11.8. The van der Waals surface area contributed by atoms with Crippen LogP contribution in [0.2, 0.25) is 0 Å². The molecule has 0 aliphatic carbocycles. The number of carbonyl (C=O) groups is 2. The van der Waals surface area contributed by atoms with Crippen LogP contribution in [0.4, 0.5) is 0 Å². The molecule has 0 aromatic carbocycles. The average molecular weight is 665 g/mol. The van der Waals surface area contributed by atoms with Gasteiger partial charge in [0.2, 0.25) is 0 Å². The van der Waals surface area contributed by atoms with E-state index in [1.165, 1.54) is 51.9 Å². The van der Waals surface area contributed by atoms with Crippen LogP contribution in [0.3, 0.4) is 0 Å². The summed E-state index contributed by atoms with van der Waals surface area (Å²) in [6.07, 6.45) is 25.6. The van der Waals surface area contributed by atoms with E-state index >= 15 is 0 Å². The van der Waals surface area contributed by atoms with Gasteiger partial charge in [-0.2, -0.15) is 0 Å². The van der Waals surface area contributed by atoms with Crippen LogP contribution >= 0.6 is 0 Å². The number of unbranched alkanes of at least 4 members (excludes halogenated alkanes) is 12. The van der Waals surface area contributed by atoms with E-state index in [9.17, 15) is 19.8 Å². The second-order valence-electron chi connectivity index (χ2n) is 14.6. The van der Waals surface area contributed by atoms with Crippen LogP contribution in [0.5, 0.6) is 0 Å². The molecule has 0 spiro atoms. The molecular formula is C39H68O8. The van der Waals surface area contributed by atoms with Crippen molar-refractivity contribution in [2.24, 2.45) is 0 Å². The van der Waals surface area contributed by atoms with Crippen molar-refractivity contribution in [1.29, 1.82) is 0 Å². The van der Waals surface area contributed by atoms with Crippen LogP contribution in [-0.2, 0) is 28.5 Å². The highest BCUT2D eigenvalue weighted by molar-refractivity contribution is 5.90. The summed E-state index contributed by atoms with van der Waals surface area (Å²) in [5.74, 6) is -0.389. The third-order valence-corrected chi connectivity index (χ3v) is 10.4. The van der Waals surface area contributed by atoms with Crippen molar-refractivity contribution in [2.75, 3.05) is 0 Å². The van der Waals surface area contributed by atoms with Gasteiger partial charge >= 0.3 is 11.9 Å². The van der Waals surface area contributed by atoms with Gasteiger partial charge in [-0.1, -0.05) is 90.4 Å². The molecule has 0 aromatic rings. The lowest BCUT2D eigenvalue weighted by Gasteiger charge is -2.26. The number of rotatable bonds is 26. The number of hydrogen-bond acceptors (Lipinski definition) is 8. The van der Waals surface area contributed by atoms with Crippen molar-refractivity contribution >= 4 is 11.9 Å². The zero-order valence-corrected chi connectivity index (χ0v) is 30.0. The highest BCUT2D eigenvalue weighted by Gasteiger charge is 2.41. The number of hydrogen-bond donors (Lipinski definition) is 2. The Morgan fingerprint density at radius 1 is 0.766 bits per heavy atom. The fourth-order valence-electron chi connectivity index (χ4n) is 7.59. The molecule has 3 aliphatic heterocycles. The van der Waals surface area contributed by atoms with E-state index in [4.69, 9.17) is 18.9 Å². The molecular weight excluding hydrogens is 596 g/mol. The number of ether oxygens (including phenoxy) is 4. The second kappa shape index (κ2) is 23.0. The molecule has 8 heteroatoms. The molecule has 1 unspecified atom stereocenters. The summed E-state index contributed by atoms with van der Waals surface area (Å²) in [6.45, 7) is 5.53. The summed E-state index contributed by atoms with van der Waals surface area (Å²) >= 11 is 0. The van der Waals surface area contributed by atoms with E-state index in [2.05, 4.69) is 6.92 Å². The van der Waals surface area contributed by atoms with E-state index in [1.807, 2.05) is 13.0 Å². The third-order valence-electron chi connectivity index (χ3n) is 10.4. The number of esters is 2. The molecule has 2 fully saturated rings. The first-order valence-electron chi connectivity index (χ1n) is 19.5. The monoisotopic (exact) mass is 664 g/mol. The Labute approximate surface area is 285 Å². The fourth-order valence-corrected chi connectivity index (χ4v) is 7.59. The Morgan fingerprint density at radius 3 is 1.91 bits per heavy atom. The zero-order valence-electron chi connectivity index (χ0n) is 30.0. The smallest absolute Gasteiger partial charge is 0.334 e. The topological polar surface area (TPSA) is 112 Å². The summed E-state index contributed by atoms with van der Waals surface area (Å²) < 4.78 is 23.6. The van der Waals surface area contributed by atoms with Crippen molar-refractivity contribution < 1.29 is 38.7 Å². The summed E-state index contributed by atoms with van der Waals surface area (Å²) in [5.41, 5.74) is 0.859. The molecule has 0 amide bonds. The van der Waals surface area contributed by atoms with E-state index in [0.29, 0.717) is 0 Å². The van der Waals surface area contributed by atoms with Crippen LogP contribution in [-0.4, -0.2) is 71.0 Å². The molecule has 47 heavy (non-hydrogen) atoms. The average Bonchev–Trinajstić information content (AvgIpc) is 3.79. The summed E-state index contributed by atoms with van der Waals surface area (Å²) in [5, 5.41) is 20.9. The molecule has 3 heterocycles. The van der Waals surface area contributed by atoms with Crippen molar-refractivity contribution in [3.8, 4) is 0 Å². The normalized spacial score (nSPS) is 26.3. The van der Waals surface area contributed by atoms with Gasteiger partial charge in [0.1, 0.15) is 12.2 Å². The maximum atomic E-state index is 11.8. The van der Waals surface area contributed by atoms with Crippen LogP contribution < -0.4 is 0 Å². The van der Waals surface area contributed by atoms with Gasteiger partial charge in [-0.3, -0.25) is 4.79 Å². The lowest BCUT2D eigenvalue weighted by molar-refractivity contribution is -0.158. The van der Waals surface area contributed by atoms with Gasteiger partial charge in [-0.25, -0.2) is 4.79 Å². The molecule has 0 bridgehead atoms. The number of cyclic esters (lactones) is 1. The van der Waals surface area contributed by atoms with Crippen molar-refractivity contribution in [3.63, 3.8) is 0 Å². The van der Waals surface area contributed by atoms with E-state index in [-0.39, 0.29) is 54.7 Å². The quantitative estimate of drug-likeness (QED) is 0.0700. The van der Waals surface area contributed by atoms with Gasteiger partial charge in [0.05, 0.1) is 36.6 Å². The SMILES string of the molecule is CCCCC(O)CCCCC[C@H](OC(C)=O)[C@H]1CC[C@H]([C@H]2CC[C@H]([C@H](O)CCCCCCCCCCCCC3=C[C@H](C)OC3=O)O2)O1. The van der Waals surface area contributed by atoms with E-state index in [0.717, 1.165) is 115 Å².